The third-order valence-corrected chi connectivity index (χ3v) is 7.62. The van der Waals surface area contributed by atoms with Crippen LogP contribution >= 0.6 is 11.6 Å². The van der Waals surface area contributed by atoms with Crippen LogP contribution < -0.4 is 5.73 Å². The van der Waals surface area contributed by atoms with E-state index >= 15 is 0 Å². The van der Waals surface area contributed by atoms with Crippen molar-refractivity contribution in [3.63, 3.8) is 0 Å². The molecule has 0 radical (unpaired) electrons. The highest BCUT2D eigenvalue weighted by atomic mass is 35.5. The first-order valence-corrected chi connectivity index (χ1v) is 8.97. The topological polar surface area (TPSA) is 94.3 Å². The van der Waals surface area contributed by atoms with Gasteiger partial charge in [-0.2, -0.15) is 0 Å². The molecule has 1 aromatic carbocycles. The molecule has 1 saturated heterocycles. The molecule has 8 heteroatoms. The molecule has 0 saturated carbocycles. The predicted octanol–water partition coefficient (Wildman–Crippen LogP) is 0.883. The molecule has 0 aromatic heterocycles. The largest absolute Gasteiger partial charge is 0.398 e. The lowest BCUT2D eigenvalue weighted by atomic mass is 10.3. The SMILES string of the molecule is Nc1cccc(Cl)c1S(=O)(=O)C1CCS(=O)(=O)C1. The van der Waals surface area contributed by atoms with E-state index in [0.29, 0.717) is 0 Å². The smallest absolute Gasteiger partial charge is 0.185 e. The van der Waals surface area contributed by atoms with Gasteiger partial charge in [0.15, 0.2) is 19.7 Å². The van der Waals surface area contributed by atoms with Gasteiger partial charge in [-0.3, -0.25) is 0 Å². The number of halogens is 1. The van der Waals surface area contributed by atoms with Gasteiger partial charge in [0.1, 0.15) is 4.90 Å². The minimum atomic E-state index is -3.81. The van der Waals surface area contributed by atoms with Gasteiger partial charge >= 0.3 is 0 Å². The summed E-state index contributed by atoms with van der Waals surface area (Å²) in [5, 5.41) is -0.927. The van der Waals surface area contributed by atoms with Crippen LogP contribution in [0.4, 0.5) is 5.69 Å². The Morgan fingerprint density at radius 1 is 1.33 bits per heavy atom. The molecular formula is C10H12ClNO4S2. The second kappa shape index (κ2) is 4.40. The van der Waals surface area contributed by atoms with Crippen molar-refractivity contribution in [3.05, 3.63) is 23.2 Å². The lowest BCUT2D eigenvalue weighted by Crippen LogP contribution is -2.24. The average Bonchev–Trinajstić information content (AvgIpc) is 2.59. The Balaban J connectivity index is 2.51. The van der Waals surface area contributed by atoms with Crippen LogP contribution in [0.1, 0.15) is 6.42 Å². The molecule has 1 atom stereocenters. The highest BCUT2D eigenvalue weighted by Gasteiger charge is 2.39. The number of hydrogen-bond acceptors (Lipinski definition) is 5. The lowest BCUT2D eigenvalue weighted by Gasteiger charge is -2.13. The number of nitrogen functional groups attached to an aromatic ring is 1. The van der Waals surface area contributed by atoms with E-state index in [1.807, 2.05) is 0 Å². The van der Waals surface area contributed by atoms with E-state index in [1.54, 1.807) is 6.07 Å². The molecule has 0 amide bonds. The van der Waals surface area contributed by atoms with Gasteiger partial charge in [-0.1, -0.05) is 17.7 Å². The van der Waals surface area contributed by atoms with Crippen molar-refractivity contribution in [3.8, 4) is 0 Å². The second-order valence-electron chi connectivity index (χ2n) is 4.23. The minimum Gasteiger partial charge on any atom is -0.398 e. The fraction of sp³-hybridized carbons (Fsp3) is 0.400. The van der Waals surface area contributed by atoms with Crippen molar-refractivity contribution >= 4 is 37.0 Å². The Labute approximate surface area is 111 Å². The molecule has 2 N–H and O–H groups in total. The summed E-state index contributed by atoms with van der Waals surface area (Å²) in [5.41, 5.74) is 5.68. The van der Waals surface area contributed by atoms with Crippen LogP contribution in [0.2, 0.25) is 5.02 Å². The lowest BCUT2D eigenvalue weighted by molar-refractivity contribution is 0.582. The molecule has 1 fully saturated rings. The Morgan fingerprint density at radius 3 is 2.50 bits per heavy atom. The second-order valence-corrected chi connectivity index (χ2v) is 9.03. The van der Waals surface area contributed by atoms with E-state index in [2.05, 4.69) is 0 Å². The molecular weight excluding hydrogens is 298 g/mol. The first-order valence-electron chi connectivity index (χ1n) is 5.22. The van der Waals surface area contributed by atoms with Gasteiger partial charge in [0.05, 0.1) is 27.5 Å². The normalized spacial score (nSPS) is 23.1. The number of anilines is 1. The van der Waals surface area contributed by atoms with Gasteiger partial charge < -0.3 is 5.73 Å². The summed E-state index contributed by atoms with van der Waals surface area (Å²) in [6, 6.07) is 4.40. The summed E-state index contributed by atoms with van der Waals surface area (Å²) < 4.78 is 47.4. The number of rotatable bonds is 2. The monoisotopic (exact) mass is 309 g/mol. The van der Waals surface area contributed by atoms with Crippen molar-refractivity contribution in [2.75, 3.05) is 17.2 Å². The van der Waals surface area contributed by atoms with Crippen molar-refractivity contribution in [1.82, 2.24) is 0 Å². The van der Waals surface area contributed by atoms with E-state index in [0.717, 1.165) is 0 Å². The Hall–Kier alpha value is -0.790. The molecule has 2 rings (SSSR count). The fourth-order valence-electron chi connectivity index (χ4n) is 2.00. The van der Waals surface area contributed by atoms with Gasteiger partial charge in [0.25, 0.3) is 0 Å². The zero-order valence-electron chi connectivity index (χ0n) is 9.34. The third kappa shape index (κ3) is 2.34. The molecule has 1 aliphatic rings. The predicted molar refractivity (Wildman–Crippen MR) is 70.1 cm³/mol. The van der Waals surface area contributed by atoms with E-state index in [-0.39, 0.29) is 33.5 Å². The quantitative estimate of drug-likeness (QED) is 0.818. The van der Waals surface area contributed by atoms with Gasteiger partial charge in [-0.15, -0.1) is 0 Å². The first-order chi connectivity index (χ1) is 8.24. The van der Waals surface area contributed by atoms with Crippen LogP contribution in [0.3, 0.4) is 0 Å². The zero-order chi connectivity index (χ0) is 13.6. The van der Waals surface area contributed by atoms with Crippen LogP contribution in [-0.2, 0) is 19.7 Å². The van der Waals surface area contributed by atoms with Crippen molar-refractivity contribution in [2.45, 2.75) is 16.6 Å². The average molecular weight is 310 g/mol. The number of nitrogens with two attached hydrogens (primary N) is 1. The maximum absolute atomic E-state index is 12.3. The van der Waals surface area contributed by atoms with Crippen molar-refractivity contribution in [2.24, 2.45) is 0 Å². The summed E-state index contributed by atoms with van der Waals surface area (Å²) in [6.07, 6.45) is 0.0926. The molecule has 1 unspecified atom stereocenters. The van der Waals surface area contributed by atoms with E-state index < -0.39 is 24.9 Å². The molecule has 0 spiro atoms. The fourth-order valence-corrected chi connectivity index (χ4v) is 7.03. The van der Waals surface area contributed by atoms with Gasteiger partial charge in [-0.25, -0.2) is 16.8 Å². The van der Waals surface area contributed by atoms with Gasteiger partial charge in [0.2, 0.25) is 0 Å². The first kappa shape index (κ1) is 13.6. The van der Waals surface area contributed by atoms with Crippen LogP contribution in [-0.4, -0.2) is 33.6 Å². The molecule has 1 aromatic rings. The van der Waals surface area contributed by atoms with E-state index in [4.69, 9.17) is 17.3 Å². The van der Waals surface area contributed by atoms with Gasteiger partial charge in [0, 0.05) is 0 Å². The number of benzene rings is 1. The highest BCUT2D eigenvalue weighted by molar-refractivity contribution is 7.96. The number of sulfone groups is 2. The standard InChI is InChI=1S/C10H12ClNO4S2/c11-8-2-1-3-9(12)10(8)18(15,16)7-4-5-17(13,14)6-7/h1-3,7H,4-6,12H2. The van der Waals surface area contributed by atoms with Crippen LogP contribution in [0.15, 0.2) is 23.1 Å². The zero-order valence-corrected chi connectivity index (χ0v) is 11.7. The Morgan fingerprint density at radius 2 is 2.00 bits per heavy atom. The molecule has 1 heterocycles. The maximum Gasteiger partial charge on any atom is 0.185 e. The van der Waals surface area contributed by atoms with Crippen molar-refractivity contribution in [1.29, 1.82) is 0 Å². The summed E-state index contributed by atoms with van der Waals surface area (Å²) in [5.74, 6) is -0.471. The van der Waals surface area contributed by atoms with E-state index in [9.17, 15) is 16.8 Å². The Kier molecular flexibility index (Phi) is 3.33. The summed E-state index contributed by atoms with van der Waals surface area (Å²) in [7, 11) is -7.08. The van der Waals surface area contributed by atoms with E-state index in [1.165, 1.54) is 12.1 Å². The van der Waals surface area contributed by atoms with Crippen LogP contribution in [0, 0.1) is 0 Å². The minimum absolute atomic E-state index is 0.0271. The van der Waals surface area contributed by atoms with Gasteiger partial charge in [-0.05, 0) is 18.6 Å². The molecule has 0 bridgehead atoms. The summed E-state index contributed by atoms with van der Waals surface area (Å²) >= 11 is 5.85. The maximum atomic E-state index is 12.3. The molecule has 5 nitrogen and oxygen atoms in total. The summed E-state index contributed by atoms with van der Waals surface area (Å²) in [6.45, 7) is 0. The van der Waals surface area contributed by atoms with Crippen LogP contribution in [0.5, 0.6) is 0 Å². The molecule has 100 valence electrons. The molecule has 0 aliphatic carbocycles. The van der Waals surface area contributed by atoms with Crippen molar-refractivity contribution < 1.29 is 16.8 Å². The highest BCUT2D eigenvalue weighted by Crippen LogP contribution is 2.33. The Bertz CT molecular complexity index is 662. The third-order valence-electron chi connectivity index (χ3n) is 2.91. The van der Waals surface area contributed by atoms with Crippen LogP contribution in [0.25, 0.3) is 0 Å². The molecule has 1 aliphatic heterocycles. The summed E-state index contributed by atoms with van der Waals surface area (Å²) in [4.78, 5) is -0.159. The molecule has 18 heavy (non-hydrogen) atoms. The number of hydrogen-bond donors (Lipinski definition) is 1.